The lowest BCUT2D eigenvalue weighted by Crippen LogP contribution is -2.42. The molecule has 3 aromatic rings. The molecule has 0 spiro atoms. The molecule has 3 heterocycles. The standard InChI is InChI=1S/C22H23F4N5OS/c1-14-8-10-30(11-9-14)17(18-3-2-12-33-18)13-27-21(32)19-20(22(24,25)26)31(29-28-19)16-6-4-15(23)5-7-16/h2-7,12,14,17H,8-11,13H2,1H3,(H,27,32). The number of hydrogen-bond donors (Lipinski definition) is 1. The maximum absolute atomic E-state index is 13.9. The number of hydrogen-bond acceptors (Lipinski definition) is 5. The van der Waals surface area contributed by atoms with Crippen molar-refractivity contribution in [2.75, 3.05) is 19.6 Å². The maximum atomic E-state index is 13.9. The zero-order valence-electron chi connectivity index (χ0n) is 17.8. The molecule has 1 saturated heterocycles. The smallest absolute Gasteiger partial charge is 0.349 e. The number of benzene rings is 1. The summed E-state index contributed by atoms with van der Waals surface area (Å²) in [6, 6.07) is 8.06. The first-order chi connectivity index (χ1) is 15.7. The molecule has 1 aliphatic rings. The molecule has 0 bridgehead atoms. The molecule has 1 unspecified atom stereocenters. The second-order valence-corrected chi connectivity index (χ2v) is 9.11. The van der Waals surface area contributed by atoms with Gasteiger partial charge in [0.05, 0.1) is 11.7 Å². The fourth-order valence-electron chi connectivity index (χ4n) is 3.96. The number of carbonyl (C=O) groups excluding carboxylic acids is 1. The molecule has 1 amide bonds. The van der Waals surface area contributed by atoms with Gasteiger partial charge in [0.1, 0.15) is 5.82 Å². The van der Waals surface area contributed by atoms with Crippen LogP contribution in [0.5, 0.6) is 0 Å². The summed E-state index contributed by atoms with van der Waals surface area (Å²) in [6.07, 6.45) is -2.83. The second-order valence-electron chi connectivity index (χ2n) is 8.13. The van der Waals surface area contributed by atoms with Gasteiger partial charge < -0.3 is 5.32 Å². The Bertz CT molecular complexity index is 1070. The van der Waals surface area contributed by atoms with Crippen molar-refractivity contribution in [2.45, 2.75) is 32.0 Å². The van der Waals surface area contributed by atoms with Crippen molar-refractivity contribution in [1.29, 1.82) is 0 Å². The van der Waals surface area contributed by atoms with Crippen molar-refractivity contribution in [3.05, 3.63) is 63.9 Å². The minimum Gasteiger partial charge on any atom is -0.349 e. The van der Waals surface area contributed by atoms with E-state index in [1.807, 2.05) is 17.5 Å². The lowest BCUT2D eigenvalue weighted by Gasteiger charge is -2.36. The zero-order chi connectivity index (χ0) is 23.6. The zero-order valence-corrected chi connectivity index (χ0v) is 18.7. The highest BCUT2D eigenvalue weighted by Crippen LogP contribution is 2.33. The van der Waals surface area contributed by atoms with E-state index < -0.39 is 29.3 Å². The van der Waals surface area contributed by atoms with Crippen LogP contribution in [-0.2, 0) is 6.18 Å². The Morgan fingerprint density at radius 1 is 1.21 bits per heavy atom. The third-order valence-electron chi connectivity index (χ3n) is 5.81. The van der Waals surface area contributed by atoms with Crippen LogP contribution < -0.4 is 5.32 Å². The van der Waals surface area contributed by atoms with Gasteiger partial charge in [0, 0.05) is 11.4 Å². The van der Waals surface area contributed by atoms with Gasteiger partial charge in [0.25, 0.3) is 5.91 Å². The van der Waals surface area contributed by atoms with Crippen LogP contribution in [0.15, 0.2) is 41.8 Å². The number of amides is 1. The molecule has 0 radical (unpaired) electrons. The molecule has 176 valence electrons. The Labute approximate surface area is 192 Å². The van der Waals surface area contributed by atoms with Crippen LogP contribution in [-0.4, -0.2) is 45.4 Å². The molecule has 1 aromatic carbocycles. The summed E-state index contributed by atoms with van der Waals surface area (Å²) in [5.74, 6) is -0.935. The lowest BCUT2D eigenvalue weighted by molar-refractivity contribution is -0.143. The van der Waals surface area contributed by atoms with E-state index in [2.05, 4.69) is 27.5 Å². The fourth-order valence-corrected chi connectivity index (χ4v) is 4.82. The highest BCUT2D eigenvalue weighted by molar-refractivity contribution is 7.10. The molecule has 1 atom stereocenters. The summed E-state index contributed by atoms with van der Waals surface area (Å²) in [4.78, 5) is 16.1. The topological polar surface area (TPSA) is 63.1 Å². The summed E-state index contributed by atoms with van der Waals surface area (Å²) in [6.45, 7) is 4.05. The van der Waals surface area contributed by atoms with Crippen LogP contribution in [0.25, 0.3) is 5.69 Å². The summed E-state index contributed by atoms with van der Waals surface area (Å²) in [5, 5.41) is 11.6. The third kappa shape index (κ3) is 5.25. The largest absolute Gasteiger partial charge is 0.435 e. The van der Waals surface area contributed by atoms with Crippen LogP contribution in [0.2, 0.25) is 0 Å². The number of piperidine rings is 1. The predicted molar refractivity (Wildman–Crippen MR) is 116 cm³/mol. The van der Waals surface area contributed by atoms with Crippen LogP contribution in [0.3, 0.4) is 0 Å². The number of nitrogens with one attached hydrogen (secondary N) is 1. The number of aromatic nitrogens is 3. The van der Waals surface area contributed by atoms with Crippen molar-refractivity contribution in [2.24, 2.45) is 5.92 Å². The average Bonchev–Trinajstić information content (AvgIpc) is 3.46. The molecule has 6 nitrogen and oxygen atoms in total. The molecule has 11 heteroatoms. The molecular formula is C22H23F4N5OS. The van der Waals surface area contributed by atoms with Gasteiger partial charge in [-0.1, -0.05) is 18.2 Å². The van der Waals surface area contributed by atoms with Crippen LogP contribution in [0, 0.1) is 11.7 Å². The Kier molecular flexibility index (Phi) is 6.80. The van der Waals surface area contributed by atoms with Gasteiger partial charge in [-0.3, -0.25) is 9.69 Å². The number of nitrogens with zero attached hydrogens (tertiary/aromatic N) is 4. The van der Waals surface area contributed by atoms with E-state index in [4.69, 9.17) is 0 Å². The van der Waals surface area contributed by atoms with Crippen molar-refractivity contribution < 1.29 is 22.4 Å². The maximum Gasteiger partial charge on any atom is 0.435 e. The quantitative estimate of drug-likeness (QED) is 0.519. The van der Waals surface area contributed by atoms with E-state index in [-0.39, 0.29) is 18.3 Å². The minimum absolute atomic E-state index is 0.0471. The van der Waals surface area contributed by atoms with E-state index in [1.54, 1.807) is 11.3 Å². The van der Waals surface area contributed by atoms with Crippen LogP contribution >= 0.6 is 11.3 Å². The molecular weight excluding hydrogens is 458 g/mol. The molecule has 2 aromatic heterocycles. The van der Waals surface area contributed by atoms with Crippen LogP contribution in [0.1, 0.15) is 46.9 Å². The lowest BCUT2D eigenvalue weighted by atomic mass is 9.97. The first-order valence-electron chi connectivity index (χ1n) is 10.6. The number of halogens is 4. The fraction of sp³-hybridized carbons (Fsp3) is 0.409. The normalized spacial score (nSPS) is 16.6. The molecule has 0 aliphatic carbocycles. The van der Waals surface area contributed by atoms with Crippen molar-refractivity contribution in [3.63, 3.8) is 0 Å². The van der Waals surface area contributed by atoms with E-state index in [1.165, 1.54) is 0 Å². The predicted octanol–water partition coefficient (Wildman–Crippen LogP) is 4.69. The van der Waals surface area contributed by atoms with Gasteiger partial charge in [-0.05, 0) is 67.6 Å². The van der Waals surface area contributed by atoms with E-state index in [0.29, 0.717) is 10.6 Å². The average molecular weight is 482 g/mol. The van der Waals surface area contributed by atoms with Crippen molar-refractivity contribution in [3.8, 4) is 5.69 Å². The number of thiophene rings is 1. The van der Waals surface area contributed by atoms with Gasteiger partial charge >= 0.3 is 6.18 Å². The van der Waals surface area contributed by atoms with E-state index >= 15 is 0 Å². The number of carbonyl (C=O) groups is 1. The number of rotatable bonds is 6. The Morgan fingerprint density at radius 3 is 2.52 bits per heavy atom. The first-order valence-corrected chi connectivity index (χ1v) is 11.5. The molecule has 33 heavy (non-hydrogen) atoms. The van der Waals surface area contributed by atoms with Gasteiger partial charge in [-0.25, -0.2) is 9.07 Å². The molecule has 1 aliphatic heterocycles. The van der Waals surface area contributed by atoms with Gasteiger partial charge in [-0.15, -0.1) is 16.4 Å². The molecule has 1 N–H and O–H groups in total. The third-order valence-corrected chi connectivity index (χ3v) is 6.79. The highest BCUT2D eigenvalue weighted by atomic mass is 32.1. The van der Waals surface area contributed by atoms with Gasteiger partial charge in [0.15, 0.2) is 11.4 Å². The minimum atomic E-state index is -4.89. The summed E-state index contributed by atoms with van der Waals surface area (Å²) < 4.78 is 55.3. The van der Waals surface area contributed by atoms with Gasteiger partial charge in [0.2, 0.25) is 0 Å². The van der Waals surface area contributed by atoms with Crippen molar-refractivity contribution >= 4 is 17.2 Å². The summed E-state index contributed by atoms with van der Waals surface area (Å²) in [5.41, 5.74) is -2.16. The van der Waals surface area contributed by atoms with Crippen LogP contribution in [0.4, 0.5) is 17.6 Å². The van der Waals surface area contributed by atoms with Gasteiger partial charge in [-0.2, -0.15) is 13.2 Å². The molecule has 1 fully saturated rings. The number of alkyl halides is 3. The monoisotopic (exact) mass is 481 g/mol. The number of likely N-dealkylation sites (tertiary alicyclic amines) is 1. The van der Waals surface area contributed by atoms with E-state index in [0.717, 1.165) is 55.1 Å². The van der Waals surface area contributed by atoms with Crippen molar-refractivity contribution in [1.82, 2.24) is 25.2 Å². The Morgan fingerprint density at radius 2 is 1.91 bits per heavy atom. The summed E-state index contributed by atoms with van der Waals surface area (Å²) in [7, 11) is 0. The van der Waals surface area contributed by atoms with E-state index in [9.17, 15) is 22.4 Å². The highest BCUT2D eigenvalue weighted by Gasteiger charge is 2.42. The SMILES string of the molecule is CC1CCN(C(CNC(=O)c2nnn(-c3ccc(F)cc3)c2C(F)(F)F)c2cccs2)CC1. The molecule has 0 saturated carbocycles. The first kappa shape index (κ1) is 23.4. The Balaban J connectivity index is 1.56. The summed E-state index contributed by atoms with van der Waals surface area (Å²) >= 11 is 1.55. The second kappa shape index (κ2) is 9.60. The Hall–Kier alpha value is -2.79. The molecule has 4 rings (SSSR count).